The molecule has 0 radical (unpaired) electrons. The van der Waals surface area contributed by atoms with Crippen LogP contribution in [0.25, 0.3) is 0 Å². The van der Waals surface area contributed by atoms with Gasteiger partial charge in [0.05, 0.1) is 26.1 Å². The fourth-order valence-corrected chi connectivity index (χ4v) is 4.32. The van der Waals surface area contributed by atoms with Gasteiger partial charge >= 0.3 is 5.97 Å². The predicted octanol–water partition coefficient (Wildman–Crippen LogP) is 2.07. The van der Waals surface area contributed by atoms with Crippen molar-refractivity contribution in [3.8, 4) is 11.5 Å². The molecule has 0 saturated heterocycles. The van der Waals surface area contributed by atoms with E-state index in [-0.39, 0.29) is 17.7 Å². The zero-order valence-corrected chi connectivity index (χ0v) is 14.0. The van der Waals surface area contributed by atoms with Crippen LogP contribution in [0.3, 0.4) is 0 Å². The maximum absolute atomic E-state index is 12.6. The van der Waals surface area contributed by atoms with E-state index in [4.69, 9.17) is 9.47 Å². The van der Waals surface area contributed by atoms with Crippen LogP contribution in [0, 0.1) is 23.7 Å². The molecule has 4 atom stereocenters. The van der Waals surface area contributed by atoms with Gasteiger partial charge in [-0.05, 0) is 48.8 Å². The molecular weight excluding hydrogens is 310 g/mol. The van der Waals surface area contributed by atoms with Gasteiger partial charge < -0.3 is 19.9 Å². The Labute approximate surface area is 141 Å². The second-order valence-electron chi connectivity index (χ2n) is 6.63. The zero-order valence-electron chi connectivity index (χ0n) is 14.0. The van der Waals surface area contributed by atoms with Gasteiger partial charge in [0, 0.05) is 6.54 Å². The number of carbonyl (C=O) groups excluding carboxylic acids is 1. The van der Waals surface area contributed by atoms with E-state index in [1.165, 1.54) is 0 Å². The molecule has 2 aliphatic rings. The number of carboxylic acids is 1. The van der Waals surface area contributed by atoms with Crippen LogP contribution in [0.15, 0.2) is 18.2 Å². The maximum Gasteiger partial charge on any atom is 0.307 e. The molecular formula is C18H23NO5. The largest absolute Gasteiger partial charge is 0.493 e. The number of benzene rings is 1. The molecule has 1 amide bonds. The van der Waals surface area contributed by atoms with Gasteiger partial charge in [0.25, 0.3) is 0 Å². The van der Waals surface area contributed by atoms with E-state index in [9.17, 15) is 14.7 Å². The zero-order chi connectivity index (χ0) is 17.3. The first kappa shape index (κ1) is 16.6. The number of hydrogen-bond acceptors (Lipinski definition) is 4. The number of rotatable bonds is 6. The second kappa shape index (κ2) is 6.71. The summed E-state index contributed by atoms with van der Waals surface area (Å²) in [5.74, 6) is -0.321. The van der Waals surface area contributed by atoms with E-state index in [0.717, 1.165) is 24.8 Å². The van der Waals surface area contributed by atoms with Gasteiger partial charge in [0.15, 0.2) is 11.5 Å². The van der Waals surface area contributed by atoms with Crippen molar-refractivity contribution in [2.75, 3.05) is 14.2 Å². The molecule has 2 fully saturated rings. The summed E-state index contributed by atoms with van der Waals surface area (Å²) in [5, 5.41) is 12.4. The highest BCUT2D eigenvalue weighted by Gasteiger charge is 2.53. The highest BCUT2D eigenvalue weighted by molar-refractivity contribution is 5.86. The maximum atomic E-state index is 12.6. The van der Waals surface area contributed by atoms with E-state index in [0.29, 0.717) is 18.0 Å². The normalized spacial score (nSPS) is 27.8. The summed E-state index contributed by atoms with van der Waals surface area (Å²) in [6, 6.07) is 5.46. The highest BCUT2D eigenvalue weighted by atomic mass is 16.5. The van der Waals surface area contributed by atoms with Crippen molar-refractivity contribution in [3.05, 3.63) is 23.8 Å². The van der Waals surface area contributed by atoms with Crippen molar-refractivity contribution in [2.24, 2.45) is 23.7 Å². The second-order valence-corrected chi connectivity index (χ2v) is 6.63. The van der Waals surface area contributed by atoms with Gasteiger partial charge in [-0.25, -0.2) is 0 Å². The average Bonchev–Trinajstić information content (AvgIpc) is 3.20. The molecule has 0 aliphatic heterocycles. The first-order valence-corrected chi connectivity index (χ1v) is 8.26. The lowest BCUT2D eigenvalue weighted by atomic mass is 9.78. The third kappa shape index (κ3) is 2.92. The third-order valence-electron chi connectivity index (χ3n) is 5.42. The summed E-state index contributed by atoms with van der Waals surface area (Å²) < 4.78 is 10.5. The molecule has 24 heavy (non-hydrogen) atoms. The fraction of sp³-hybridized carbons (Fsp3) is 0.556. The average molecular weight is 333 g/mol. The first-order valence-electron chi connectivity index (χ1n) is 8.26. The summed E-state index contributed by atoms with van der Waals surface area (Å²) in [6.45, 7) is 0.347. The monoisotopic (exact) mass is 333 g/mol. The topological polar surface area (TPSA) is 84.9 Å². The van der Waals surface area contributed by atoms with E-state index in [2.05, 4.69) is 5.32 Å². The molecule has 2 bridgehead atoms. The molecule has 0 heterocycles. The number of carboxylic acid groups (broad SMARTS) is 1. The molecule has 0 aromatic heterocycles. The predicted molar refractivity (Wildman–Crippen MR) is 86.8 cm³/mol. The number of fused-ring (bicyclic) bond motifs is 2. The molecule has 2 saturated carbocycles. The molecule has 6 nitrogen and oxygen atoms in total. The van der Waals surface area contributed by atoms with Crippen molar-refractivity contribution in [2.45, 2.75) is 25.8 Å². The Kier molecular flexibility index (Phi) is 4.64. The summed E-state index contributed by atoms with van der Waals surface area (Å²) in [6.07, 6.45) is 2.76. The minimum atomic E-state index is -0.839. The van der Waals surface area contributed by atoms with Crippen molar-refractivity contribution in [3.63, 3.8) is 0 Å². The first-order chi connectivity index (χ1) is 11.5. The molecule has 1 aromatic carbocycles. The van der Waals surface area contributed by atoms with Crippen LogP contribution in [-0.4, -0.2) is 31.2 Å². The fourth-order valence-electron chi connectivity index (χ4n) is 4.32. The van der Waals surface area contributed by atoms with Gasteiger partial charge in [-0.15, -0.1) is 0 Å². The lowest BCUT2D eigenvalue weighted by molar-refractivity contribution is -0.149. The van der Waals surface area contributed by atoms with Crippen LogP contribution in [0.2, 0.25) is 0 Å². The van der Waals surface area contributed by atoms with Gasteiger partial charge in [0.2, 0.25) is 5.91 Å². The van der Waals surface area contributed by atoms with Gasteiger partial charge in [-0.1, -0.05) is 6.07 Å². The third-order valence-corrected chi connectivity index (χ3v) is 5.42. The standard InChI is InChI=1S/C18H23NO5/c1-23-13-6-3-10(7-14(13)24-2)9-19-17(20)15-11-4-5-12(8-11)16(15)18(21)22/h3,6-7,11-12,15-16H,4-5,8-9H2,1-2H3,(H,19,20)(H,21,22)/t11-,12-,15+,16-/m0/s1. The number of ether oxygens (including phenoxy) is 2. The molecule has 0 unspecified atom stereocenters. The van der Waals surface area contributed by atoms with E-state index in [1.54, 1.807) is 20.3 Å². The Bertz CT molecular complexity index is 644. The van der Waals surface area contributed by atoms with Crippen LogP contribution in [0.5, 0.6) is 11.5 Å². The van der Waals surface area contributed by atoms with Crippen molar-refractivity contribution in [1.82, 2.24) is 5.32 Å². The quantitative estimate of drug-likeness (QED) is 0.832. The van der Waals surface area contributed by atoms with Crippen LogP contribution in [0.1, 0.15) is 24.8 Å². The van der Waals surface area contributed by atoms with Gasteiger partial charge in [-0.2, -0.15) is 0 Å². The Morgan fingerprint density at radius 1 is 1.12 bits per heavy atom. The summed E-state index contributed by atoms with van der Waals surface area (Å²) in [5.41, 5.74) is 0.885. The van der Waals surface area contributed by atoms with Crippen LogP contribution in [0.4, 0.5) is 0 Å². The summed E-state index contributed by atoms with van der Waals surface area (Å²) in [7, 11) is 3.13. The van der Waals surface area contributed by atoms with Crippen molar-refractivity contribution in [1.29, 1.82) is 0 Å². The lowest BCUT2D eigenvalue weighted by Gasteiger charge is -2.27. The number of methoxy groups -OCH3 is 2. The molecule has 6 heteroatoms. The van der Waals surface area contributed by atoms with Crippen LogP contribution in [-0.2, 0) is 16.1 Å². The smallest absolute Gasteiger partial charge is 0.307 e. The molecule has 1 aromatic rings. The minimum Gasteiger partial charge on any atom is -0.493 e. The lowest BCUT2D eigenvalue weighted by Crippen LogP contribution is -2.41. The summed E-state index contributed by atoms with van der Waals surface area (Å²) >= 11 is 0. The number of aliphatic carboxylic acids is 1. The molecule has 130 valence electrons. The Morgan fingerprint density at radius 3 is 2.42 bits per heavy atom. The van der Waals surface area contributed by atoms with Gasteiger partial charge in [-0.3, -0.25) is 9.59 Å². The van der Waals surface area contributed by atoms with Crippen LogP contribution < -0.4 is 14.8 Å². The molecule has 2 aliphatic carbocycles. The van der Waals surface area contributed by atoms with E-state index in [1.807, 2.05) is 12.1 Å². The SMILES string of the molecule is COc1ccc(CNC(=O)[C@@H]2[C@H]3CC[C@@H](C3)[C@@H]2C(=O)O)cc1OC. The Morgan fingerprint density at radius 2 is 1.79 bits per heavy atom. The number of nitrogens with one attached hydrogen (secondary N) is 1. The molecule has 2 N–H and O–H groups in total. The Hall–Kier alpha value is -2.24. The Balaban J connectivity index is 1.66. The number of hydrogen-bond donors (Lipinski definition) is 2. The van der Waals surface area contributed by atoms with Crippen molar-refractivity contribution < 1.29 is 24.2 Å². The summed E-state index contributed by atoms with van der Waals surface area (Å²) in [4.78, 5) is 24.1. The molecule has 3 rings (SSSR count). The van der Waals surface area contributed by atoms with Gasteiger partial charge in [0.1, 0.15) is 0 Å². The van der Waals surface area contributed by atoms with Crippen molar-refractivity contribution >= 4 is 11.9 Å². The minimum absolute atomic E-state index is 0.149. The molecule has 0 spiro atoms. The number of carbonyl (C=O) groups is 2. The highest BCUT2D eigenvalue weighted by Crippen LogP contribution is 2.52. The van der Waals surface area contributed by atoms with E-state index < -0.39 is 17.8 Å². The van der Waals surface area contributed by atoms with E-state index >= 15 is 0 Å². The number of amides is 1. The van der Waals surface area contributed by atoms with Crippen LogP contribution >= 0.6 is 0 Å².